The summed E-state index contributed by atoms with van der Waals surface area (Å²) in [5.41, 5.74) is 1.18. The molecule has 4 rings (SSSR count). The Morgan fingerprint density at radius 2 is 1.81 bits per heavy atom. The molecule has 0 saturated heterocycles. The number of rotatable bonds is 7. The van der Waals surface area contributed by atoms with Gasteiger partial charge in [-0.05, 0) is 30.3 Å². The van der Waals surface area contributed by atoms with Gasteiger partial charge in [0.2, 0.25) is 0 Å². The number of hydrogen-bond acceptors (Lipinski definition) is 7. The molecule has 0 spiro atoms. The van der Waals surface area contributed by atoms with E-state index in [2.05, 4.69) is 30.1 Å². The first-order valence-electron chi connectivity index (χ1n) is 9.57. The number of benzene rings is 1. The molecule has 10 nitrogen and oxygen atoms in total. The van der Waals surface area contributed by atoms with E-state index in [0.29, 0.717) is 23.1 Å². The van der Waals surface area contributed by atoms with Crippen LogP contribution in [0.4, 0.5) is 17.2 Å². The average Bonchev–Trinajstić information content (AvgIpc) is 3.40. The summed E-state index contributed by atoms with van der Waals surface area (Å²) in [6, 6.07) is 10.4. The fourth-order valence-electron chi connectivity index (χ4n) is 3.04. The monoisotopic (exact) mass is 438 g/mol. The molecule has 11 heteroatoms. The Morgan fingerprint density at radius 1 is 1.06 bits per heavy atom. The van der Waals surface area contributed by atoms with Crippen molar-refractivity contribution in [3.63, 3.8) is 0 Å². The van der Waals surface area contributed by atoms with Crippen molar-refractivity contribution in [3.8, 4) is 5.82 Å². The number of anilines is 3. The van der Waals surface area contributed by atoms with E-state index in [-0.39, 0.29) is 10.9 Å². The van der Waals surface area contributed by atoms with Crippen LogP contribution < -0.4 is 10.0 Å². The molecular formula is C20H22N8O2S. The highest BCUT2D eigenvalue weighted by atomic mass is 32.2. The van der Waals surface area contributed by atoms with Gasteiger partial charge in [0.05, 0.1) is 0 Å². The summed E-state index contributed by atoms with van der Waals surface area (Å²) in [5, 5.41) is 7.31. The Hall–Kier alpha value is -3.73. The SMILES string of the molecule is CC(C)c1nc(S(=O)(=O)Nc2ccc(Nc3cc(-n4cccn4)ncn3)cc2)cn1C. The van der Waals surface area contributed by atoms with Gasteiger partial charge in [-0.25, -0.2) is 19.6 Å². The van der Waals surface area contributed by atoms with Crippen LogP contribution >= 0.6 is 0 Å². The van der Waals surface area contributed by atoms with Crippen LogP contribution in [0.1, 0.15) is 25.6 Å². The first-order valence-corrected chi connectivity index (χ1v) is 11.1. The largest absolute Gasteiger partial charge is 0.340 e. The van der Waals surface area contributed by atoms with Gasteiger partial charge in [0.25, 0.3) is 10.0 Å². The molecular weight excluding hydrogens is 416 g/mol. The molecule has 0 fully saturated rings. The predicted molar refractivity (Wildman–Crippen MR) is 117 cm³/mol. The quantitative estimate of drug-likeness (QED) is 0.455. The normalized spacial score (nSPS) is 11.6. The molecule has 0 bridgehead atoms. The Labute approximate surface area is 180 Å². The molecule has 160 valence electrons. The molecule has 2 N–H and O–H groups in total. The molecule has 0 amide bonds. The predicted octanol–water partition coefficient (Wildman–Crippen LogP) is 3.06. The molecule has 0 aliphatic rings. The van der Waals surface area contributed by atoms with Crippen molar-refractivity contribution in [2.45, 2.75) is 24.8 Å². The smallest absolute Gasteiger partial charge is 0.280 e. The maximum Gasteiger partial charge on any atom is 0.280 e. The van der Waals surface area contributed by atoms with Crippen molar-refractivity contribution in [2.75, 3.05) is 10.0 Å². The second-order valence-corrected chi connectivity index (χ2v) is 8.85. The van der Waals surface area contributed by atoms with Gasteiger partial charge in [0, 0.05) is 49.0 Å². The molecule has 0 aliphatic heterocycles. The van der Waals surface area contributed by atoms with Crippen LogP contribution in [-0.4, -0.2) is 37.7 Å². The zero-order valence-corrected chi connectivity index (χ0v) is 18.1. The van der Waals surface area contributed by atoms with Crippen LogP contribution in [0.5, 0.6) is 0 Å². The van der Waals surface area contributed by atoms with E-state index in [1.54, 1.807) is 59.0 Å². The summed E-state index contributed by atoms with van der Waals surface area (Å²) < 4.78 is 31.3. The van der Waals surface area contributed by atoms with Gasteiger partial charge < -0.3 is 9.88 Å². The Balaban J connectivity index is 1.47. The van der Waals surface area contributed by atoms with Gasteiger partial charge in [-0.2, -0.15) is 13.5 Å². The minimum Gasteiger partial charge on any atom is -0.340 e. The molecule has 3 heterocycles. The van der Waals surface area contributed by atoms with Crippen LogP contribution in [0.15, 0.2) is 66.3 Å². The van der Waals surface area contributed by atoms with Crippen LogP contribution in [0.25, 0.3) is 5.82 Å². The minimum atomic E-state index is -3.78. The Kier molecular flexibility index (Phi) is 5.42. The Morgan fingerprint density at radius 3 is 2.45 bits per heavy atom. The fraction of sp³-hybridized carbons (Fsp3) is 0.200. The van der Waals surface area contributed by atoms with Crippen LogP contribution in [-0.2, 0) is 17.1 Å². The highest BCUT2D eigenvalue weighted by Gasteiger charge is 2.20. The third kappa shape index (κ3) is 4.56. The van der Waals surface area contributed by atoms with Crippen molar-refractivity contribution >= 4 is 27.2 Å². The first kappa shape index (κ1) is 20.5. The lowest BCUT2D eigenvalue weighted by Crippen LogP contribution is -2.13. The van der Waals surface area contributed by atoms with Gasteiger partial charge >= 0.3 is 0 Å². The zero-order valence-electron chi connectivity index (χ0n) is 17.3. The Bertz CT molecular complexity index is 1280. The van der Waals surface area contributed by atoms with Gasteiger partial charge in [-0.15, -0.1) is 0 Å². The number of aryl methyl sites for hydroxylation is 1. The first-order chi connectivity index (χ1) is 14.8. The number of aromatic nitrogens is 6. The number of nitrogens with zero attached hydrogens (tertiary/aromatic N) is 6. The molecule has 0 radical (unpaired) electrons. The third-order valence-corrected chi connectivity index (χ3v) is 5.74. The average molecular weight is 439 g/mol. The van der Waals surface area contributed by atoms with Crippen molar-refractivity contribution in [1.29, 1.82) is 0 Å². The molecule has 0 unspecified atom stereocenters. The summed E-state index contributed by atoms with van der Waals surface area (Å²) in [4.78, 5) is 12.7. The maximum atomic E-state index is 12.7. The van der Waals surface area contributed by atoms with E-state index in [0.717, 1.165) is 5.69 Å². The highest BCUT2D eigenvalue weighted by Crippen LogP contribution is 2.22. The zero-order chi connectivity index (χ0) is 22.0. The van der Waals surface area contributed by atoms with Crippen molar-refractivity contribution in [1.82, 2.24) is 29.3 Å². The standard InChI is InChI=1S/C20H22N8O2S/c1-14(2)20-25-19(12-27(20)3)31(29,30)26-16-7-5-15(6-8-16)24-17-11-18(22-13-21-17)28-10-4-9-23-28/h4-14,26H,1-3H3,(H,21,22,24). The topological polar surface area (TPSA) is 120 Å². The lowest BCUT2D eigenvalue weighted by Gasteiger charge is -2.09. The van der Waals surface area contributed by atoms with E-state index in [9.17, 15) is 8.42 Å². The molecule has 31 heavy (non-hydrogen) atoms. The van der Waals surface area contributed by atoms with E-state index < -0.39 is 10.0 Å². The maximum absolute atomic E-state index is 12.7. The van der Waals surface area contributed by atoms with Crippen molar-refractivity contribution < 1.29 is 8.42 Å². The second-order valence-electron chi connectivity index (χ2n) is 7.22. The molecule has 1 aromatic carbocycles. The van der Waals surface area contributed by atoms with Gasteiger partial charge in [-0.3, -0.25) is 4.72 Å². The van der Waals surface area contributed by atoms with Crippen molar-refractivity contribution in [3.05, 3.63) is 67.1 Å². The number of imidazole rings is 1. The second kappa shape index (κ2) is 8.19. The summed E-state index contributed by atoms with van der Waals surface area (Å²) >= 11 is 0. The lowest BCUT2D eigenvalue weighted by atomic mass is 10.2. The highest BCUT2D eigenvalue weighted by molar-refractivity contribution is 7.92. The minimum absolute atomic E-state index is 0.00645. The number of hydrogen-bond donors (Lipinski definition) is 2. The molecule has 0 atom stereocenters. The van der Waals surface area contributed by atoms with E-state index in [1.165, 1.54) is 12.5 Å². The third-order valence-electron chi connectivity index (χ3n) is 4.48. The molecule has 4 aromatic rings. The van der Waals surface area contributed by atoms with Crippen LogP contribution in [0, 0.1) is 0 Å². The summed E-state index contributed by atoms with van der Waals surface area (Å²) in [7, 11) is -2.00. The van der Waals surface area contributed by atoms with Gasteiger partial charge in [0.1, 0.15) is 18.0 Å². The van der Waals surface area contributed by atoms with Crippen molar-refractivity contribution in [2.24, 2.45) is 7.05 Å². The lowest BCUT2D eigenvalue weighted by molar-refractivity contribution is 0.597. The number of sulfonamides is 1. The van der Waals surface area contributed by atoms with Gasteiger partial charge in [0.15, 0.2) is 10.8 Å². The van der Waals surface area contributed by atoms with E-state index in [1.807, 2.05) is 19.9 Å². The molecule has 3 aromatic heterocycles. The van der Waals surface area contributed by atoms with Crippen LogP contribution in [0.2, 0.25) is 0 Å². The molecule has 0 saturated carbocycles. The van der Waals surface area contributed by atoms with Gasteiger partial charge in [-0.1, -0.05) is 13.8 Å². The summed E-state index contributed by atoms with van der Waals surface area (Å²) in [5.74, 6) is 2.04. The number of nitrogens with one attached hydrogen (secondary N) is 2. The van der Waals surface area contributed by atoms with E-state index in [4.69, 9.17) is 0 Å². The summed E-state index contributed by atoms with van der Waals surface area (Å²) in [6.07, 6.45) is 6.42. The fourth-order valence-corrected chi connectivity index (χ4v) is 4.10. The molecule has 0 aliphatic carbocycles. The van der Waals surface area contributed by atoms with E-state index >= 15 is 0 Å². The van der Waals surface area contributed by atoms with Crippen LogP contribution in [0.3, 0.4) is 0 Å². The summed E-state index contributed by atoms with van der Waals surface area (Å²) in [6.45, 7) is 3.93.